The van der Waals surface area contributed by atoms with Crippen LogP contribution >= 0.6 is 0 Å². The molecule has 0 saturated carbocycles. The lowest BCUT2D eigenvalue weighted by Crippen LogP contribution is -2.42. The van der Waals surface area contributed by atoms with E-state index in [1.807, 2.05) is 30.3 Å². The van der Waals surface area contributed by atoms with Crippen molar-refractivity contribution < 1.29 is 13.9 Å². The van der Waals surface area contributed by atoms with Crippen molar-refractivity contribution in [2.75, 3.05) is 6.54 Å². The molecule has 5 heteroatoms. The Bertz CT molecular complexity index is 703. The summed E-state index contributed by atoms with van der Waals surface area (Å²) in [6.45, 7) is 1.74. The summed E-state index contributed by atoms with van der Waals surface area (Å²) in [6, 6.07) is 14.0. The molecule has 25 heavy (non-hydrogen) atoms. The number of hydrogen-bond donors (Lipinski definition) is 2. The number of hydrogen-bond acceptors (Lipinski definition) is 3. The van der Waals surface area contributed by atoms with Crippen LogP contribution in [0.2, 0.25) is 0 Å². The van der Waals surface area contributed by atoms with E-state index in [1.54, 1.807) is 6.07 Å². The highest BCUT2D eigenvalue weighted by atomic mass is 19.1. The van der Waals surface area contributed by atoms with E-state index >= 15 is 0 Å². The van der Waals surface area contributed by atoms with E-state index in [0.29, 0.717) is 13.2 Å². The predicted molar refractivity (Wildman–Crippen MR) is 94.7 cm³/mol. The highest BCUT2D eigenvalue weighted by Gasteiger charge is 2.19. The number of carbonyl (C=O) groups excluding carboxylic acids is 1. The first-order valence-corrected chi connectivity index (χ1v) is 8.68. The SMILES string of the molecule is O=C1NCCCCC1NCc1ccc(OCc2cccc(F)c2)cc1. The van der Waals surface area contributed by atoms with Gasteiger partial charge < -0.3 is 15.4 Å². The van der Waals surface area contributed by atoms with Gasteiger partial charge in [0.2, 0.25) is 5.91 Å². The summed E-state index contributed by atoms with van der Waals surface area (Å²) in [5.74, 6) is 0.567. The van der Waals surface area contributed by atoms with Crippen LogP contribution in [0.25, 0.3) is 0 Å². The molecule has 0 aliphatic carbocycles. The van der Waals surface area contributed by atoms with Crippen LogP contribution in [0, 0.1) is 5.82 Å². The first-order valence-electron chi connectivity index (χ1n) is 8.68. The Labute approximate surface area is 147 Å². The van der Waals surface area contributed by atoms with Gasteiger partial charge in [-0.3, -0.25) is 4.79 Å². The normalized spacial score (nSPS) is 17.6. The molecule has 1 unspecified atom stereocenters. The van der Waals surface area contributed by atoms with Gasteiger partial charge in [-0.25, -0.2) is 4.39 Å². The minimum Gasteiger partial charge on any atom is -0.489 e. The molecule has 1 aliphatic rings. The van der Waals surface area contributed by atoms with Crippen molar-refractivity contribution in [3.63, 3.8) is 0 Å². The maximum atomic E-state index is 13.1. The number of nitrogens with one attached hydrogen (secondary N) is 2. The van der Waals surface area contributed by atoms with E-state index in [-0.39, 0.29) is 17.8 Å². The molecule has 0 spiro atoms. The summed E-state index contributed by atoms with van der Waals surface area (Å²) in [5, 5.41) is 6.24. The summed E-state index contributed by atoms with van der Waals surface area (Å²) < 4.78 is 18.8. The van der Waals surface area contributed by atoms with Gasteiger partial charge in [-0.05, 0) is 54.7 Å². The third-order valence-electron chi connectivity index (χ3n) is 4.31. The first-order chi connectivity index (χ1) is 12.2. The second-order valence-electron chi connectivity index (χ2n) is 6.28. The summed E-state index contributed by atoms with van der Waals surface area (Å²) >= 11 is 0. The zero-order valence-corrected chi connectivity index (χ0v) is 14.1. The van der Waals surface area contributed by atoms with Crippen molar-refractivity contribution in [2.45, 2.75) is 38.5 Å². The van der Waals surface area contributed by atoms with Crippen molar-refractivity contribution in [3.8, 4) is 5.75 Å². The molecule has 132 valence electrons. The van der Waals surface area contributed by atoms with Crippen molar-refractivity contribution in [1.29, 1.82) is 0 Å². The lowest BCUT2D eigenvalue weighted by atomic mass is 10.1. The first kappa shape index (κ1) is 17.4. The lowest BCUT2D eigenvalue weighted by Gasteiger charge is -2.15. The number of ether oxygens (including phenoxy) is 1. The Kier molecular flexibility index (Phi) is 6.01. The second kappa shape index (κ2) is 8.62. The Morgan fingerprint density at radius 2 is 1.96 bits per heavy atom. The van der Waals surface area contributed by atoms with Gasteiger partial charge in [-0.15, -0.1) is 0 Å². The average Bonchev–Trinajstić information content (AvgIpc) is 2.83. The van der Waals surface area contributed by atoms with Gasteiger partial charge in [0.05, 0.1) is 6.04 Å². The fraction of sp³-hybridized carbons (Fsp3) is 0.350. The monoisotopic (exact) mass is 342 g/mol. The van der Waals surface area contributed by atoms with Crippen LogP contribution in [0.4, 0.5) is 4.39 Å². The highest BCUT2D eigenvalue weighted by molar-refractivity contribution is 5.81. The number of halogens is 1. The minimum atomic E-state index is -0.259. The number of benzene rings is 2. The third-order valence-corrected chi connectivity index (χ3v) is 4.31. The Balaban J connectivity index is 1.49. The Morgan fingerprint density at radius 1 is 1.12 bits per heavy atom. The topological polar surface area (TPSA) is 50.4 Å². The number of carbonyl (C=O) groups is 1. The molecule has 4 nitrogen and oxygen atoms in total. The predicted octanol–water partition coefficient (Wildman–Crippen LogP) is 3.16. The molecule has 1 aliphatic heterocycles. The summed E-state index contributed by atoms with van der Waals surface area (Å²) in [7, 11) is 0. The Hall–Kier alpha value is -2.40. The molecule has 2 N–H and O–H groups in total. The van der Waals surface area contributed by atoms with Crippen LogP contribution in [-0.4, -0.2) is 18.5 Å². The Morgan fingerprint density at radius 3 is 2.76 bits per heavy atom. The van der Waals surface area contributed by atoms with Gasteiger partial charge in [-0.1, -0.05) is 24.3 Å². The van der Waals surface area contributed by atoms with E-state index < -0.39 is 0 Å². The van der Waals surface area contributed by atoms with Crippen LogP contribution < -0.4 is 15.4 Å². The molecule has 3 rings (SSSR count). The summed E-state index contributed by atoms with van der Waals surface area (Å²) in [4.78, 5) is 11.9. The van der Waals surface area contributed by atoms with Crippen molar-refractivity contribution in [3.05, 3.63) is 65.5 Å². The molecule has 0 radical (unpaired) electrons. The lowest BCUT2D eigenvalue weighted by molar-refractivity contribution is -0.122. The van der Waals surface area contributed by atoms with E-state index in [9.17, 15) is 9.18 Å². The van der Waals surface area contributed by atoms with Crippen molar-refractivity contribution in [2.24, 2.45) is 0 Å². The van der Waals surface area contributed by atoms with Crippen molar-refractivity contribution >= 4 is 5.91 Å². The van der Waals surface area contributed by atoms with E-state index in [1.165, 1.54) is 12.1 Å². The molecule has 1 fully saturated rings. The van der Waals surface area contributed by atoms with Gasteiger partial charge >= 0.3 is 0 Å². The third kappa shape index (κ3) is 5.29. The molecular formula is C20H23FN2O2. The summed E-state index contributed by atoms with van der Waals surface area (Å²) in [6.07, 6.45) is 2.98. The molecule has 1 atom stereocenters. The van der Waals surface area contributed by atoms with Crippen LogP contribution in [0.3, 0.4) is 0 Å². The molecule has 2 aromatic carbocycles. The van der Waals surface area contributed by atoms with Gasteiger partial charge in [0, 0.05) is 13.1 Å². The van der Waals surface area contributed by atoms with Crippen LogP contribution in [0.15, 0.2) is 48.5 Å². The fourth-order valence-electron chi connectivity index (χ4n) is 2.87. The fourth-order valence-corrected chi connectivity index (χ4v) is 2.87. The van der Waals surface area contributed by atoms with E-state index in [2.05, 4.69) is 10.6 Å². The van der Waals surface area contributed by atoms with E-state index in [4.69, 9.17) is 4.74 Å². The van der Waals surface area contributed by atoms with E-state index in [0.717, 1.165) is 42.7 Å². The van der Waals surface area contributed by atoms with Gasteiger partial charge in [-0.2, -0.15) is 0 Å². The molecule has 1 heterocycles. The number of amides is 1. The maximum absolute atomic E-state index is 13.1. The van der Waals surface area contributed by atoms with Gasteiger partial charge in [0.25, 0.3) is 0 Å². The highest BCUT2D eigenvalue weighted by Crippen LogP contribution is 2.15. The summed E-state index contributed by atoms with van der Waals surface area (Å²) in [5.41, 5.74) is 1.89. The zero-order valence-electron chi connectivity index (χ0n) is 14.1. The quantitative estimate of drug-likeness (QED) is 0.848. The molecule has 0 aromatic heterocycles. The molecule has 2 aromatic rings. The molecular weight excluding hydrogens is 319 g/mol. The van der Waals surface area contributed by atoms with Crippen LogP contribution in [0.1, 0.15) is 30.4 Å². The zero-order chi connectivity index (χ0) is 17.5. The van der Waals surface area contributed by atoms with Crippen molar-refractivity contribution in [1.82, 2.24) is 10.6 Å². The minimum absolute atomic E-state index is 0.0903. The average molecular weight is 342 g/mol. The molecule has 0 bridgehead atoms. The van der Waals surface area contributed by atoms with Gasteiger partial charge in [0.15, 0.2) is 0 Å². The van der Waals surface area contributed by atoms with Crippen LogP contribution in [0.5, 0.6) is 5.75 Å². The van der Waals surface area contributed by atoms with Gasteiger partial charge in [0.1, 0.15) is 18.2 Å². The number of rotatable bonds is 6. The maximum Gasteiger partial charge on any atom is 0.237 e. The molecule has 1 saturated heterocycles. The smallest absolute Gasteiger partial charge is 0.237 e. The largest absolute Gasteiger partial charge is 0.489 e. The second-order valence-corrected chi connectivity index (χ2v) is 6.28. The molecule has 1 amide bonds. The standard InChI is InChI=1S/C20H23FN2O2/c21-17-5-3-4-16(12-17)14-25-18-9-7-15(8-10-18)13-23-19-6-1-2-11-22-20(19)24/h3-5,7-10,12,19,23H,1-2,6,11,13-14H2,(H,22,24). The van der Waals surface area contributed by atoms with Crippen LogP contribution in [-0.2, 0) is 17.9 Å².